The topological polar surface area (TPSA) is 32.7 Å². The van der Waals surface area contributed by atoms with Crippen LogP contribution in [0.25, 0.3) is 6.08 Å². The molecule has 4 rings (SSSR count). The summed E-state index contributed by atoms with van der Waals surface area (Å²) in [5.41, 5.74) is 5.06. The molecule has 0 N–H and O–H groups in total. The van der Waals surface area contributed by atoms with Gasteiger partial charge in [-0.15, -0.1) is 0 Å². The molecule has 0 atom stereocenters. The summed E-state index contributed by atoms with van der Waals surface area (Å²) in [6, 6.07) is 19.9. The van der Waals surface area contributed by atoms with Gasteiger partial charge >= 0.3 is 0 Å². The van der Waals surface area contributed by atoms with E-state index in [1.165, 1.54) is 0 Å². The highest BCUT2D eigenvalue weighted by Crippen LogP contribution is 2.29. The van der Waals surface area contributed by atoms with Crippen LogP contribution in [0.4, 0.5) is 5.69 Å². The molecule has 2 aromatic carbocycles. The van der Waals surface area contributed by atoms with Crippen LogP contribution in [0.5, 0.6) is 0 Å². The highest BCUT2D eigenvalue weighted by molar-refractivity contribution is 7.08. The van der Waals surface area contributed by atoms with Crippen molar-refractivity contribution >= 4 is 34.7 Å². The zero-order valence-electron chi connectivity index (χ0n) is 13.7. The van der Waals surface area contributed by atoms with Gasteiger partial charge in [0, 0.05) is 18.2 Å². The van der Waals surface area contributed by atoms with Gasteiger partial charge < -0.3 is 4.90 Å². The molecule has 0 spiro atoms. The van der Waals surface area contributed by atoms with Gasteiger partial charge in [0.25, 0.3) is 5.91 Å². The molecule has 1 aliphatic heterocycles. The Morgan fingerprint density at radius 3 is 2.52 bits per heavy atom. The Balaban J connectivity index is 1.96. The smallest absolute Gasteiger partial charge is 0.276 e. The van der Waals surface area contributed by atoms with Gasteiger partial charge in [-0.05, 0) is 34.5 Å². The Morgan fingerprint density at radius 1 is 1.00 bits per heavy atom. The van der Waals surface area contributed by atoms with Crippen LogP contribution in [0.2, 0.25) is 0 Å². The molecule has 0 bridgehead atoms. The molecule has 1 aliphatic rings. The van der Waals surface area contributed by atoms with Crippen LogP contribution in [-0.4, -0.2) is 18.7 Å². The minimum Gasteiger partial charge on any atom is -0.309 e. The van der Waals surface area contributed by atoms with Crippen molar-refractivity contribution in [3.8, 4) is 0 Å². The van der Waals surface area contributed by atoms with Crippen molar-refractivity contribution in [1.82, 2.24) is 0 Å². The van der Waals surface area contributed by atoms with E-state index in [-0.39, 0.29) is 5.91 Å². The van der Waals surface area contributed by atoms with E-state index < -0.39 is 0 Å². The first kappa shape index (κ1) is 15.5. The number of aliphatic imine (C=N–C) groups is 1. The van der Waals surface area contributed by atoms with Gasteiger partial charge in [-0.3, -0.25) is 4.79 Å². The monoisotopic (exact) mass is 344 g/mol. The number of fused-ring (bicyclic) bond motifs is 1. The first-order valence-corrected chi connectivity index (χ1v) is 8.94. The van der Waals surface area contributed by atoms with Crippen LogP contribution in [0, 0.1) is 0 Å². The van der Waals surface area contributed by atoms with E-state index in [0.717, 1.165) is 28.1 Å². The molecular formula is C21H16N2OS. The largest absolute Gasteiger partial charge is 0.309 e. The third kappa shape index (κ3) is 2.92. The van der Waals surface area contributed by atoms with E-state index in [2.05, 4.69) is 0 Å². The minimum atomic E-state index is -0.107. The summed E-state index contributed by atoms with van der Waals surface area (Å²) in [6.45, 7) is 0. The molecule has 3 aromatic rings. The normalized spacial score (nSPS) is 15.7. The summed E-state index contributed by atoms with van der Waals surface area (Å²) in [7, 11) is 1.80. The molecule has 0 fully saturated rings. The van der Waals surface area contributed by atoms with Crippen LogP contribution >= 0.6 is 11.3 Å². The summed E-state index contributed by atoms with van der Waals surface area (Å²) < 4.78 is 0. The Hall–Kier alpha value is -2.98. The molecule has 0 radical (unpaired) electrons. The third-order valence-electron chi connectivity index (χ3n) is 4.17. The standard InChI is InChI=1S/C21H16N2OS/c1-23-19-10-6-5-9-17(19)20(16-7-3-2-4-8-16)22-18(21(23)24)13-15-11-12-25-14-15/h2-14H,1H3/b18-13+. The number of amides is 1. The van der Waals surface area contributed by atoms with E-state index in [0.29, 0.717) is 5.70 Å². The number of rotatable bonds is 2. The van der Waals surface area contributed by atoms with E-state index in [1.807, 2.05) is 77.5 Å². The van der Waals surface area contributed by atoms with Crippen molar-refractivity contribution in [2.24, 2.45) is 4.99 Å². The van der Waals surface area contributed by atoms with Gasteiger partial charge in [-0.2, -0.15) is 11.3 Å². The lowest BCUT2D eigenvalue weighted by molar-refractivity contribution is -0.114. The van der Waals surface area contributed by atoms with Crippen molar-refractivity contribution in [2.75, 3.05) is 11.9 Å². The fourth-order valence-electron chi connectivity index (χ4n) is 2.90. The highest BCUT2D eigenvalue weighted by atomic mass is 32.1. The number of hydrogen-bond acceptors (Lipinski definition) is 3. The first-order valence-electron chi connectivity index (χ1n) is 7.99. The number of carbonyl (C=O) groups excluding carboxylic acids is 1. The number of anilines is 1. The Morgan fingerprint density at radius 2 is 1.76 bits per heavy atom. The Labute approximate surface area is 150 Å². The first-order chi connectivity index (χ1) is 12.2. The lowest BCUT2D eigenvalue weighted by atomic mass is 10.0. The van der Waals surface area contributed by atoms with Crippen molar-refractivity contribution in [1.29, 1.82) is 0 Å². The third-order valence-corrected chi connectivity index (χ3v) is 4.87. The number of benzene rings is 2. The zero-order valence-corrected chi connectivity index (χ0v) is 14.5. The number of likely N-dealkylation sites (N-methyl/N-ethyl adjacent to an activating group) is 1. The molecule has 0 unspecified atom stereocenters. The van der Waals surface area contributed by atoms with Gasteiger partial charge in [0.2, 0.25) is 0 Å². The van der Waals surface area contributed by atoms with Crippen LogP contribution in [0.3, 0.4) is 0 Å². The fourth-order valence-corrected chi connectivity index (χ4v) is 3.52. The predicted molar refractivity (Wildman–Crippen MR) is 104 cm³/mol. The van der Waals surface area contributed by atoms with Crippen molar-refractivity contribution < 1.29 is 4.79 Å². The quantitative estimate of drug-likeness (QED) is 0.625. The maximum Gasteiger partial charge on any atom is 0.276 e. The highest BCUT2D eigenvalue weighted by Gasteiger charge is 2.25. The Kier molecular flexibility index (Phi) is 4.04. The maximum atomic E-state index is 13.0. The summed E-state index contributed by atoms with van der Waals surface area (Å²) in [6.07, 6.45) is 1.85. The molecule has 122 valence electrons. The lowest BCUT2D eigenvalue weighted by Gasteiger charge is -2.17. The van der Waals surface area contributed by atoms with Gasteiger partial charge in [-0.1, -0.05) is 48.5 Å². The number of hydrogen-bond donors (Lipinski definition) is 0. The summed E-state index contributed by atoms with van der Waals surface area (Å²) in [5, 5.41) is 4.00. The SMILES string of the molecule is CN1C(=O)/C(=C\c2ccsc2)N=C(c2ccccc2)c2ccccc21. The molecule has 3 nitrogen and oxygen atoms in total. The minimum absolute atomic E-state index is 0.107. The van der Waals surface area contributed by atoms with Gasteiger partial charge in [0.15, 0.2) is 0 Å². The second kappa shape index (κ2) is 6.49. The number of nitrogens with zero attached hydrogens (tertiary/aromatic N) is 2. The molecule has 1 amide bonds. The van der Waals surface area contributed by atoms with Crippen LogP contribution in [0.1, 0.15) is 16.7 Å². The van der Waals surface area contributed by atoms with E-state index in [9.17, 15) is 4.79 Å². The molecule has 1 aromatic heterocycles. The van der Waals surface area contributed by atoms with Crippen LogP contribution < -0.4 is 4.90 Å². The van der Waals surface area contributed by atoms with Crippen LogP contribution in [-0.2, 0) is 4.79 Å². The molecular weight excluding hydrogens is 328 g/mol. The summed E-state index contributed by atoms with van der Waals surface area (Å²) in [5.74, 6) is -0.107. The second-order valence-corrected chi connectivity index (χ2v) is 6.57. The average Bonchev–Trinajstić information content (AvgIpc) is 3.14. The number of carbonyl (C=O) groups is 1. The Bertz CT molecular complexity index is 972. The van der Waals surface area contributed by atoms with Gasteiger partial charge in [0.05, 0.1) is 11.4 Å². The van der Waals surface area contributed by atoms with Crippen LogP contribution in [0.15, 0.2) is 82.1 Å². The molecule has 2 heterocycles. The van der Waals surface area contributed by atoms with Crippen molar-refractivity contribution in [3.05, 3.63) is 93.8 Å². The van der Waals surface area contributed by atoms with Gasteiger partial charge in [0.1, 0.15) is 5.70 Å². The van der Waals surface area contributed by atoms with Crippen molar-refractivity contribution in [3.63, 3.8) is 0 Å². The second-order valence-electron chi connectivity index (χ2n) is 5.79. The zero-order chi connectivity index (χ0) is 17.2. The molecule has 25 heavy (non-hydrogen) atoms. The fraction of sp³-hybridized carbons (Fsp3) is 0.0476. The van der Waals surface area contributed by atoms with Crippen molar-refractivity contribution in [2.45, 2.75) is 0 Å². The number of thiophene rings is 1. The number of para-hydroxylation sites is 1. The number of benzodiazepines with no additional fused rings is 1. The van der Waals surface area contributed by atoms with E-state index in [4.69, 9.17) is 4.99 Å². The predicted octanol–water partition coefficient (Wildman–Crippen LogP) is 4.60. The van der Waals surface area contributed by atoms with E-state index >= 15 is 0 Å². The van der Waals surface area contributed by atoms with Gasteiger partial charge in [-0.25, -0.2) is 4.99 Å². The molecule has 0 saturated heterocycles. The maximum absolute atomic E-state index is 13.0. The molecule has 0 saturated carbocycles. The summed E-state index contributed by atoms with van der Waals surface area (Å²) >= 11 is 1.60. The molecule has 4 heteroatoms. The molecule has 0 aliphatic carbocycles. The lowest BCUT2D eigenvalue weighted by Crippen LogP contribution is -2.26. The van der Waals surface area contributed by atoms with E-state index in [1.54, 1.807) is 23.3 Å². The summed E-state index contributed by atoms with van der Waals surface area (Å²) in [4.78, 5) is 19.4. The average molecular weight is 344 g/mol.